The summed E-state index contributed by atoms with van der Waals surface area (Å²) in [6, 6.07) is 0. The van der Waals surface area contributed by atoms with Crippen LogP contribution >= 0.6 is 0 Å². The SMILES string of the molecule is CC1COC(C2CCC(C(F)(F)F)CC2)OC1.[HH]. The molecule has 1 saturated carbocycles. The molecule has 2 aliphatic rings. The molecule has 102 valence electrons. The summed E-state index contributed by atoms with van der Waals surface area (Å²) in [5, 5.41) is 0. The molecule has 1 heterocycles. The molecule has 5 heteroatoms. The minimum atomic E-state index is -4.03. The molecule has 0 spiro atoms. The highest BCUT2D eigenvalue weighted by Crippen LogP contribution is 2.41. The maximum absolute atomic E-state index is 12.5. The number of hydrogen-bond acceptors (Lipinski definition) is 2. The van der Waals surface area contributed by atoms with E-state index in [0.29, 0.717) is 32.0 Å². The monoisotopic (exact) mass is 254 g/mol. The Labute approximate surface area is 101 Å². The van der Waals surface area contributed by atoms with Crippen molar-refractivity contribution in [1.82, 2.24) is 0 Å². The lowest BCUT2D eigenvalue weighted by Gasteiger charge is -2.37. The second kappa shape index (κ2) is 5.14. The zero-order valence-corrected chi connectivity index (χ0v) is 10.0. The summed E-state index contributed by atoms with van der Waals surface area (Å²) in [5.74, 6) is -0.597. The Morgan fingerprint density at radius 1 is 1.00 bits per heavy atom. The molecule has 1 aliphatic carbocycles. The van der Waals surface area contributed by atoms with Crippen LogP contribution in [0.15, 0.2) is 0 Å². The van der Waals surface area contributed by atoms with E-state index in [1.54, 1.807) is 0 Å². The third kappa shape index (κ3) is 3.35. The molecule has 0 bridgehead atoms. The van der Waals surface area contributed by atoms with E-state index in [2.05, 4.69) is 0 Å². The van der Waals surface area contributed by atoms with Gasteiger partial charge in [-0.15, -0.1) is 0 Å². The van der Waals surface area contributed by atoms with Gasteiger partial charge in [-0.3, -0.25) is 0 Å². The Hall–Kier alpha value is -0.290. The highest BCUT2D eigenvalue weighted by molar-refractivity contribution is 4.79. The topological polar surface area (TPSA) is 18.5 Å². The van der Waals surface area contributed by atoms with Gasteiger partial charge in [-0.05, 0) is 25.7 Å². The van der Waals surface area contributed by atoms with Crippen molar-refractivity contribution in [2.45, 2.75) is 45.1 Å². The molecule has 0 aromatic heterocycles. The molecular weight excluding hydrogens is 233 g/mol. The molecule has 0 radical (unpaired) electrons. The van der Waals surface area contributed by atoms with Crippen LogP contribution in [0.2, 0.25) is 0 Å². The van der Waals surface area contributed by atoms with Gasteiger partial charge in [-0.1, -0.05) is 6.92 Å². The second-order valence-corrected chi connectivity index (χ2v) is 5.29. The van der Waals surface area contributed by atoms with Crippen LogP contribution in [0.25, 0.3) is 0 Å². The van der Waals surface area contributed by atoms with Gasteiger partial charge >= 0.3 is 6.18 Å². The Morgan fingerprint density at radius 2 is 1.53 bits per heavy atom. The summed E-state index contributed by atoms with van der Waals surface area (Å²) >= 11 is 0. The quantitative estimate of drug-likeness (QED) is 0.711. The number of rotatable bonds is 1. The van der Waals surface area contributed by atoms with Gasteiger partial charge < -0.3 is 9.47 Å². The van der Waals surface area contributed by atoms with Gasteiger partial charge in [0.15, 0.2) is 6.29 Å². The molecule has 0 amide bonds. The molecule has 2 nitrogen and oxygen atoms in total. The zero-order chi connectivity index (χ0) is 12.5. The summed E-state index contributed by atoms with van der Waals surface area (Å²) in [4.78, 5) is 0. The van der Waals surface area contributed by atoms with Gasteiger partial charge in [0, 0.05) is 13.3 Å². The van der Waals surface area contributed by atoms with E-state index in [1.165, 1.54) is 0 Å². The molecular formula is C12H21F3O2. The number of ether oxygens (including phenoxy) is 2. The van der Waals surface area contributed by atoms with Crippen LogP contribution in [0.1, 0.15) is 34.0 Å². The molecule has 2 fully saturated rings. The second-order valence-electron chi connectivity index (χ2n) is 5.29. The Balaban J connectivity index is 0.00000162. The van der Waals surface area contributed by atoms with Crippen molar-refractivity contribution in [2.75, 3.05) is 13.2 Å². The van der Waals surface area contributed by atoms with Crippen LogP contribution < -0.4 is 0 Å². The molecule has 17 heavy (non-hydrogen) atoms. The van der Waals surface area contributed by atoms with Crippen molar-refractivity contribution < 1.29 is 24.1 Å². The molecule has 1 aliphatic heterocycles. The number of hydrogen-bond donors (Lipinski definition) is 0. The van der Waals surface area contributed by atoms with Gasteiger partial charge in [0.1, 0.15) is 0 Å². The third-order valence-electron chi connectivity index (χ3n) is 3.71. The smallest absolute Gasteiger partial charge is 0.352 e. The normalized spacial score (nSPS) is 40.2. The highest BCUT2D eigenvalue weighted by Gasteiger charge is 2.43. The van der Waals surface area contributed by atoms with Gasteiger partial charge in [0.2, 0.25) is 0 Å². The van der Waals surface area contributed by atoms with Crippen LogP contribution in [0.5, 0.6) is 0 Å². The maximum atomic E-state index is 12.5. The van der Waals surface area contributed by atoms with E-state index in [1.807, 2.05) is 6.92 Å². The fourth-order valence-corrected chi connectivity index (χ4v) is 2.61. The predicted octanol–water partition coefficient (Wildman–Crippen LogP) is 3.61. The van der Waals surface area contributed by atoms with Crippen LogP contribution in [-0.2, 0) is 9.47 Å². The van der Waals surface area contributed by atoms with E-state index in [4.69, 9.17) is 9.47 Å². The summed E-state index contributed by atoms with van der Waals surface area (Å²) in [6.45, 7) is 3.35. The van der Waals surface area contributed by atoms with Gasteiger partial charge in [0.25, 0.3) is 0 Å². The van der Waals surface area contributed by atoms with Crippen LogP contribution in [0.4, 0.5) is 13.2 Å². The van der Waals surface area contributed by atoms with Crippen molar-refractivity contribution in [3.63, 3.8) is 0 Å². The zero-order valence-electron chi connectivity index (χ0n) is 10.0. The number of alkyl halides is 3. The third-order valence-corrected chi connectivity index (χ3v) is 3.71. The van der Waals surface area contributed by atoms with E-state index < -0.39 is 12.1 Å². The minimum absolute atomic E-state index is 0. The Morgan fingerprint density at radius 3 is 2.00 bits per heavy atom. The van der Waals surface area contributed by atoms with E-state index >= 15 is 0 Å². The van der Waals surface area contributed by atoms with Crippen molar-refractivity contribution >= 4 is 0 Å². The highest BCUT2D eigenvalue weighted by atomic mass is 19.4. The maximum Gasteiger partial charge on any atom is 0.391 e. The lowest BCUT2D eigenvalue weighted by atomic mass is 9.81. The molecule has 0 atom stereocenters. The van der Waals surface area contributed by atoms with Gasteiger partial charge in [0.05, 0.1) is 19.1 Å². The lowest BCUT2D eigenvalue weighted by Crippen LogP contribution is -2.39. The van der Waals surface area contributed by atoms with Gasteiger partial charge in [-0.2, -0.15) is 13.2 Å². The first-order chi connectivity index (χ1) is 7.97. The first-order valence-electron chi connectivity index (χ1n) is 6.26. The van der Waals surface area contributed by atoms with Crippen LogP contribution in [0.3, 0.4) is 0 Å². The molecule has 0 aromatic carbocycles. The fraction of sp³-hybridized carbons (Fsp3) is 1.00. The lowest BCUT2D eigenvalue weighted by molar-refractivity contribution is -0.235. The van der Waals surface area contributed by atoms with E-state index in [-0.39, 0.29) is 26.5 Å². The standard InChI is InChI=1S/C12H19F3O2.H2/c1-8-6-16-11(17-7-8)9-2-4-10(5-3-9)12(13,14)15;/h8-11H,2-7H2,1H3;1H. The minimum Gasteiger partial charge on any atom is -0.352 e. The molecule has 0 aromatic rings. The summed E-state index contributed by atoms with van der Waals surface area (Å²) < 4.78 is 48.6. The molecule has 2 rings (SSSR count). The number of halogens is 3. The first-order valence-corrected chi connectivity index (χ1v) is 6.26. The first kappa shape index (κ1) is 13.1. The van der Waals surface area contributed by atoms with Crippen LogP contribution in [-0.4, -0.2) is 25.7 Å². The summed E-state index contributed by atoms with van der Waals surface area (Å²) in [7, 11) is 0. The average molecular weight is 254 g/mol. The summed E-state index contributed by atoms with van der Waals surface area (Å²) in [5.41, 5.74) is 0. The molecule has 0 unspecified atom stereocenters. The Bertz CT molecular complexity index is 244. The predicted molar refractivity (Wildman–Crippen MR) is 58.5 cm³/mol. The van der Waals surface area contributed by atoms with Crippen LogP contribution in [0, 0.1) is 17.8 Å². The Kier molecular flexibility index (Phi) is 3.98. The largest absolute Gasteiger partial charge is 0.391 e. The fourth-order valence-electron chi connectivity index (χ4n) is 2.61. The van der Waals surface area contributed by atoms with Crippen molar-refractivity contribution in [1.29, 1.82) is 0 Å². The van der Waals surface area contributed by atoms with Crippen molar-refractivity contribution in [3.05, 3.63) is 0 Å². The van der Waals surface area contributed by atoms with Gasteiger partial charge in [-0.25, -0.2) is 0 Å². The van der Waals surface area contributed by atoms with Crippen molar-refractivity contribution in [3.8, 4) is 0 Å². The van der Waals surface area contributed by atoms with E-state index in [0.717, 1.165) is 0 Å². The van der Waals surface area contributed by atoms with E-state index in [9.17, 15) is 13.2 Å². The molecule has 1 saturated heterocycles. The summed E-state index contributed by atoms with van der Waals surface area (Å²) in [6.07, 6.45) is -2.76. The average Bonchev–Trinajstić information content (AvgIpc) is 2.29. The van der Waals surface area contributed by atoms with Crippen molar-refractivity contribution in [2.24, 2.45) is 17.8 Å². The molecule has 0 N–H and O–H groups in total.